The zero-order chi connectivity index (χ0) is 16.4. The van der Waals surface area contributed by atoms with Crippen molar-refractivity contribution in [1.82, 2.24) is 9.55 Å². The maximum absolute atomic E-state index is 12.2. The van der Waals surface area contributed by atoms with Gasteiger partial charge in [0, 0.05) is 21.9 Å². The summed E-state index contributed by atoms with van der Waals surface area (Å²) in [6.07, 6.45) is 0. The van der Waals surface area contributed by atoms with Gasteiger partial charge in [-0.1, -0.05) is 28.1 Å². The number of benzene rings is 1. The minimum atomic E-state index is -0.939. The molecular formula is C12H9BrN4O5. The van der Waals surface area contributed by atoms with Crippen molar-refractivity contribution in [3.05, 3.63) is 60.4 Å². The van der Waals surface area contributed by atoms with Crippen LogP contribution in [-0.4, -0.2) is 25.2 Å². The predicted molar refractivity (Wildman–Crippen MR) is 78.7 cm³/mol. The summed E-state index contributed by atoms with van der Waals surface area (Å²) in [6, 6.07) is 6.42. The number of Topliss-reactive ketones (excluding diaryl/α,β-unsaturated/α-hetero) is 1. The van der Waals surface area contributed by atoms with E-state index in [2.05, 4.69) is 20.9 Å². The normalized spacial score (nSPS) is 10.5. The first-order valence-corrected chi connectivity index (χ1v) is 6.75. The molecular weight excluding hydrogens is 360 g/mol. The molecule has 0 unspecified atom stereocenters. The molecule has 2 rings (SSSR count). The molecule has 1 aromatic heterocycles. The largest absolute Gasteiger partial charge is 0.462 e. The first-order valence-electron chi connectivity index (χ1n) is 5.96. The molecule has 0 saturated carbocycles. The molecule has 10 heteroatoms. The lowest BCUT2D eigenvalue weighted by Gasteiger charge is -2.01. The number of nitro groups is 2. The van der Waals surface area contributed by atoms with Crippen molar-refractivity contribution in [1.29, 1.82) is 0 Å². The lowest BCUT2D eigenvalue weighted by molar-refractivity contribution is -0.428. The van der Waals surface area contributed by atoms with Crippen LogP contribution in [0.5, 0.6) is 0 Å². The Morgan fingerprint density at radius 2 is 1.82 bits per heavy atom. The van der Waals surface area contributed by atoms with Gasteiger partial charge < -0.3 is 20.2 Å². The summed E-state index contributed by atoms with van der Waals surface area (Å²) in [5.41, 5.74) is 0.341. The molecule has 2 aromatic rings. The van der Waals surface area contributed by atoms with Gasteiger partial charge in [0.1, 0.15) is 0 Å². The van der Waals surface area contributed by atoms with Crippen LogP contribution < -0.4 is 0 Å². The Labute approximate surface area is 132 Å². The van der Waals surface area contributed by atoms with E-state index < -0.39 is 33.8 Å². The van der Waals surface area contributed by atoms with Gasteiger partial charge in [-0.25, -0.2) is 0 Å². The standard InChI is InChI=1S/C12H9BrN4O5/c1-7-14-11(16(19)20)12(17(21)22)15(7)6-10(18)8-2-4-9(13)5-3-8/h2-5H,6H2,1H3. The smallest absolute Gasteiger partial charge is 0.358 e. The molecule has 114 valence electrons. The Morgan fingerprint density at radius 3 is 2.32 bits per heavy atom. The number of rotatable bonds is 5. The monoisotopic (exact) mass is 368 g/mol. The van der Waals surface area contributed by atoms with Gasteiger partial charge >= 0.3 is 17.5 Å². The van der Waals surface area contributed by atoms with E-state index in [9.17, 15) is 25.0 Å². The lowest BCUT2D eigenvalue weighted by Crippen LogP contribution is -2.14. The van der Waals surface area contributed by atoms with E-state index in [0.29, 0.717) is 5.56 Å². The summed E-state index contributed by atoms with van der Waals surface area (Å²) in [7, 11) is 0. The fourth-order valence-electron chi connectivity index (χ4n) is 1.90. The minimum absolute atomic E-state index is 0.0314. The fourth-order valence-corrected chi connectivity index (χ4v) is 2.16. The second-order valence-electron chi connectivity index (χ2n) is 4.34. The van der Waals surface area contributed by atoms with Crippen molar-refractivity contribution < 1.29 is 14.6 Å². The highest BCUT2D eigenvalue weighted by molar-refractivity contribution is 9.10. The van der Waals surface area contributed by atoms with Gasteiger partial charge in [0.25, 0.3) is 0 Å². The van der Waals surface area contributed by atoms with Crippen molar-refractivity contribution in [2.24, 2.45) is 0 Å². The average molecular weight is 369 g/mol. The van der Waals surface area contributed by atoms with Gasteiger partial charge in [-0.3, -0.25) is 4.79 Å². The Morgan fingerprint density at radius 1 is 1.23 bits per heavy atom. The van der Waals surface area contributed by atoms with Crippen LogP contribution in [0, 0.1) is 27.2 Å². The van der Waals surface area contributed by atoms with Gasteiger partial charge in [-0.2, -0.15) is 4.57 Å². The first kappa shape index (κ1) is 15.8. The number of hydrogen-bond donors (Lipinski definition) is 0. The molecule has 0 fully saturated rings. The Balaban J connectivity index is 2.41. The summed E-state index contributed by atoms with van der Waals surface area (Å²) in [4.78, 5) is 35.7. The lowest BCUT2D eigenvalue weighted by atomic mass is 10.1. The first-order chi connectivity index (χ1) is 10.3. The topological polar surface area (TPSA) is 121 Å². The number of carbonyl (C=O) groups excluding carboxylic acids is 1. The number of aryl methyl sites for hydroxylation is 1. The fraction of sp³-hybridized carbons (Fsp3) is 0.167. The number of imidazole rings is 1. The van der Waals surface area contributed by atoms with Gasteiger partial charge in [-0.15, -0.1) is 0 Å². The molecule has 9 nitrogen and oxygen atoms in total. The molecule has 0 atom stereocenters. The van der Waals surface area contributed by atoms with Crippen LogP contribution in [0.25, 0.3) is 0 Å². The van der Waals surface area contributed by atoms with E-state index in [4.69, 9.17) is 0 Å². The van der Waals surface area contributed by atoms with Crippen molar-refractivity contribution in [3.8, 4) is 0 Å². The molecule has 0 bridgehead atoms. The third kappa shape index (κ3) is 3.01. The van der Waals surface area contributed by atoms with Crippen LogP contribution in [0.2, 0.25) is 0 Å². The predicted octanol–water partition coefficient (Wildman–Crippen LogP) is 2.65. The molecule has 0 radical (unpaired) electrons. The number of nitrogens with zero attached hydrogens (tertiary/aromatic N) is 4. The van der Waals surface area contributed by atoms with E-state index in [1.807, 2.05) is 0 Å². The van der Waals surface area contributed by atoms with Crippen LogP contribution >= 0.6 is 15.9 Å². The molecule has 22 heavy (non-hydrogen) atoms. The molecule has 0 amide bonds. The zero-order valence-electron chi connectivity index (χ0n) is 11.2. The van der Waals surface area contributed by atoms with Crippen molar-refractivity contribution in [2.75, 3.05) is 0 Å². The van der Waals surface area contributed by atoms with E-state index in [1.54, 1.807) is 24.3 Å². The van der Waals surface area contributed by atoms with E-state index >= 15 is 0 Å². The van der Waals surface area contributed by atoms with Crippen molar-refractivity contribution in [2.45, 2.75) is 13.5 Å². The van der Waals surface area contributed by atoms with Crippen LogP contribution in [-0.2, 0) is 6.54 Å². The van der Waals surface area contributed by atoms with Gasteiger partial charge in [0.15, 0.2) is 6.54 Å². The van der Waals surface area contributed by atoms with Crippen LogP contribution in [0.3, 0.4) is 0 Å². The summed E-state index contributed by atoms with van der Waals surface area (Å²) >= 11 is 3.23. The molecule has 0 N–H and O–H groups in total. The van der Waals surface area contributed by atoms with Gasteiger partial charge in [0.05, 0.1) is 0 Å². The summed E-state index contributed by atoms with van der Waals surface area (Å²) < 4.78 is 1.71. The summed E-state index contributed by atoms with van der Waals surface area (Å²) in [6.45, 7) is 0.972. The summed E-state index contributed by atoms with van der Waals surface area (Å²) in [5.74, 6) is -2.05. The highest BCUT2D eigenvalue weighted by Gasteiger charge is 2.36. The Bertz CT molecular complexity index is 769. The van der Waals surface area contributed by atoms with Crippen LogP contribution in [0.1, 0.15) is 16.2 Å². The second-order valence-corrected chi connectivity index (χ2v) is 5.25. The average Bonchev–Trinajstić information content (AvgIpc) is 2.77. The third-order valence-electron chi connectivity index (χ3n) is 2.93. The number of aromatic nitrogens is 2. The number of carbonyl (C=O) groups is 1. The number of halogens is 1. The number of hydrogen-bond acceptors (Lipinski definition) is 6. The third-order valence-corrected chi connectivity index (χ3v) is 3.46. The Hall–Kier alpha value is -2.62. The zero-order valence-corrected chi connectivity index (χ0v) is 12.8. The SMILES string of the molecule is Cc1nc([N+](=O)[O-])c([N+](=O)[O-])n1CC(=O)c1ccc(Br)cc1. The Kier molecular flexibility index (Phi) is 4.31. The molecule has 0 saturated heterocycles. The van der Waals surface area contributed by atoms with Gasteiger partial charge in [0.2, 0.25) is 5.78 Å². The number of ketones is 1. The van der Waals surface area contributed by atoms with Crippen molar-refractivity contribution >= 4 is 33.3 Å². The van der Waals surface area contributed by atoms with E-state index in [1.165, 1.54) is 6.92 Å². The quantitative estimate of drug-likeness (QED) is 0.454. The second kappa shape index (κ2) is 6.02. The van der Waals surface area contributed by atoms with Crippen LogP contribution in [0.15, 0.2) is 28.7 Å². The maximum atomic E-state index is 12.2. The summed E-state index contributed by atoms with van der Waals surface area (Å²) in [5, 5.41) is 21.9. The highest BCUT2D eigenvalue weighted by atomic mass is 79.9. The van der Waals surface area contributed by atoms with Crippen molar-refractivity contribution in [3.63, 3.8) is 0 Å². The maximum Gasteiger partial charge on any atom is 0.462 e. The molecule has 1 aromatic carbocycles. The minimum Gasteiger partial charge on any atom is -0.358 e. The molecule has 0 aliphatic heterocycles. The molecule has 1 heterocycles. The van der Waals surface area contributed by atoms with E-state index in [-0.39, 0.29) is 5.82 Å². The molecule has 0 aliphatic rings. The molecule has 0 spiro atoms. The van der Waals surface area contributed by atoms with Crippen LogP contribution in [0.4, 0.5) is 11.6 Å². The van der Waals surface area contributed by atoms with Gasteiger partial charge in [-0.05, 0) is 22.0 Å². The highest BCUT2D eigenvalue weighted by Crippen LogP contribution is 2.27. The molecule has 0 aliphatic carbocycles. The van der Waals surface area contributed by atoms with E-state index in [0.717, 1.165) is 9.04 Å².